The smallest absolute Gasteiger partial charge is 0.177 e. The zero-order valence-corrected chi connectivity index (χ0v) is 13.7. The number of anilines is 1. The minimum atomic E-state index is -3.37. The van der Waals surface area contributed by atoms with Crippen molar-refractivity contribution in [3.63, 3.8) is 0 Å². The van der Waals surface area contributed by atoms with Crippen LogP contribution in [0.4, 0.5) is 5.69 Å². The number of Topliss-reactive ketones (excluding diaryl/α,β-unsaturated/α-hetero) is 1. The zero-order valence-electron chi connectivity index (χ0n) is 12.0. The molecule has 0 amide bonds. The van der Waals surface area contributed by atoms with E-state index in [-0.39, 0.29) is 10.7 Å². The SMILES string of the molecule is CC(=O)c1ccc(S(C)(=O)=O)c(N(C)Cc2nccs2)c1. The van der Waals surface area contributed by atoms with Gasteiger partial charge in [0.25, 0.3) is 0 Å². The van der Waals surface area contributed by atoms with Crippen molar-refractivity contribution in [2.75, 3.05) is 18.2 Å². The Kier molecular flexibility index (Phi) is 4.43. The molecule has 0 aliphatic carbocycles. The predicted molar refractivity (Wildman–Crippen MR) is 83.8 cm³/mol. The van der Waals surface area contributed by atoms with Crippen LogP contribution in [0.2, 0.25) is 0 Å². The molecule has 2 aromatic rings. The number of hydrogen-bond acceptors (Lipinski definition) is 6. The molecule has 2 rings (SSSR count). The van der Waals surface area contributed by atoms with Crippen molar-refractivity contribution in [2.45, 2.75) is 18.4 Å². The molecule has 0 aliphatic heterocycles. The maximum Gasteiger partial charge on any atom is 0.177 e. The molecule has 1 heterocycles. The summed E-state index contributed by atoms with van der Waals surface area (Å²) in [6.07, 6.45) is 2.87. The van der Waals surface area contributed by atoms with Crippen LogP contribution >= 0.6 is 11.3 Å². The predicted octanol–water partition coefficient (Wildman–Crippen LogP) is 2.39. The molecule has 1 aromatic carbocycles. The standard InChI is InChI=1S/C14H16N2O3S2/c1-10(17)11-4-5-13(21(3,18)19)12(8-11)16(2)9-14-15-6-7-20-14/h4-8H,9H2,1-3H3. The van der Waals surface area contributed by atoms with Gasteiger partial charge in [-0.15, -0.1) is 11.3 Å². The van der Waals surface area contributed by atoms with Crippen LogP contribution in [-0.4, -0.2) is 32.5 Å². The van der Waals surface area contributed by atoms with Gasteiger partial charge in [-0.1, -0.05) is 0 Å². The second kappa shape index (κ2) is 5.95. The lowest BCUT2D eigenvalue weighted by molar-refractivity contribution is 0.101. The number of thiazole rings is 1. The number of rotatable bonds is 5. The van der Waals surface area contributed by atoms with Crippen molar-refractivity contribution < 1.29 is 13.2 Å². The Morgan fingerprint density at radius 3 is 2.62 bits per heavy atom. The van der Waals surface area contributed by atoms with Gasteiger partial charge in [0, 0.05) is 30.4 Å². The average molecular weight is 324 g/mol. The van der Waals surface area contributed by atoms with E-state index in [4.69, 9.17) is 0 Å². The highest BCUT2D eigenvalue weighted by Crippen LogP contribution is 2.27. The molecule has 21 heavy (non-hydrogen) atoms. The van der Waals surface area contributed by atoms with Crippen LogP contribution in [-0.2, 0) is 16.4 Å². The van der Waals surface area contributed by atoms with Crippen LogP contribution in [0.25, 0.3) is 0 Å². The molecule has 0 saturated heterocycles. The molecule has 7 heteroatoms. The Hall–Kier alpha value is -1.73. The Morgan fingerprint density at radius 2 is 2.10 bits per heavy atom. The number of carbonyl (C=O) groups excluding carboxylic acids is 1. The highest BCUT2D eigenvalue weighted by atomic mass is 32.2. The van der Waals surface area contributed by atoms with E-state index in [0.29, 0.717) is 17.8 Å². The summed E-state index contributed by atoms with van der Waals surface area (Å²) < 4.78 is 23.8. The molecule has 0 atom stereocenters. The van der Waals surface area contributed by atoms with E-state index in [1.54, 1.807) is 30.3 Å². The van der Waals surface area contributed by atoms with E-state index in [1.807, 2.05) is 5.38 Å². The van der Waals surface area contributed by atoms with E-state index in [1.165, 1.54) is 24.3 Å². The van der Waals surface area contributed by atoms with Crippen molar-refractivity contribution >= 4 is 32.6 Å². The molecule has 0 fully saturated rings. The number of hydrogen-bond donors (Lipinski definition) is 0. The lowest BCUT2D eigenvalue weighted by Crippen LogP contribution is -2.19. The van der Waals surface area contributed by atoms with Crippen LogP contribution < -0.4 is 4.90 Å². The van der Waals surface area contributed by atoms with Gasteiger partial charge >= 0.3 is 0 Å². The summed E-state index contributed by atoms with van der Waals surface area (Å²) in [4.78, 5) is 17.7. The number of sulfone groups is 1. The number of carbonyl (C=O) groups is 1. The van der Waals surface area contributed by atoms with E-state index in [9.17, 15) is 13.2 Å². The Bertz CT molecular complexity index is 753. The topological polar surface area (TPSA) is 67.3 Å². The van der Waals surface area contributed by atoms with E-state index < -0.39 is 9.84 Å². The number of ketones is 1. The zero-order chi connectivity index (χ0) is 15.6. The summed E-state index contributed by atoms with van der Waals surface area (Å²) >= 11 is 1.50. The molecular weight excluding hydrogens is 308 g/mol. The van der Waals surface area contributed by atoms with Crippen LogP contribution in [0.15, 0.2) is 34.7 Å². The first-order valence-electron chi connectivity index (χ1n) is 6.23. The molecule has 0 aliphatic rings. The van der Waals surface area contributed by atoms with Gasteiger partial charge in [0.2, 0.25) is 0 Å². The summed E-state index contributed by atoms with van der Waals surface area (Å²) in [7, 11) is -1.58. The molecule has 0 N–H and O–H groups in total. The van der Waals surface area contributed by atoms with Gasteiger partial charge in [0.15, 0.2) is 15.6 Å². The van der Waals surface area contributed by atoms with Crippen molar-refractivity contribution in [2.24, 2.45) is 0 Å². The maximum atomic E-state index is 11.9. The summed E-state index contributed by atoms with van der Waals surface area (Å²) in [5.41, 5.74) is 1.00. The minimum Gasteiger partial charge on any atom is -0.367 e. The summed E-state index contributed by atoms with van der Waals surface area (Å²) in [5, 5.41) is 2.75. The van der Waals surface area contributed by atoms with Gasteiger partial charge in [-0.2, -0.15) is 0 Å². The highest BCUT2D eigenvalue weighted by molar-refractivity contribution is 7.90. The van der Waals surface area contributed by atoms with Crippen molar-refractivity contribution in [3.8, 4) is 0 Å². The van der Waals surface area contributed by atoms with Crippen molar-refractivity contribution in [1.29, 1.82) is 0 Å². The minimum absolute atomic E-state index is 0.0982. The summed E-state index contributed by atoms with van der Waals surface area (Å²) in [6, 6.07) is 4.64. The summed E-state index contributed by atoms with van der Waals surface area (Å²) in [6.45, 7) is 1.95. The van der Waals surface area contributed by atoms with Gasteiger partial charge in [-0.25, -0.2) is 13.4 Å². The van der Waals surface area contributed by atoms with Gasteiger partial charge in [0.1, 0.15) is 5.01 Å². The molecule has 1 aromatic heterocycles. The van der Waals surface area contributed by atoms with Crippen LogP contribution in [0.5, 0.6) is 0 Å². The lowest BCUT2D eigenvalue weighted by Gasteiger charge is -2.21. The number of benzene rings is 1. The Balaban J connectivity index is 2.47. The van der Waals surface area contributed by atoms with Crippen LogP contribution in [0, 0.1) is 0 Å². The average Bonchev–Trinajstić information content (AvgIpc) is 2.89. The first-order chi connectivity index (χ1) is 9.79. The molecule has 0 bridgehead atoms. The quantitative estimate of drug-likeness (QED) is 0.790. The number of nitrogens with zero attached hydrogens (tertiary/aromatic N) is 2. The fourth-order valence-electron chi connectivity index (χ4n) is 1.97. The fourth-order valence-corrected chi connectivity index (χ4v) is 3.55. The second-order valence-electron chi connectivity index (χ2n) is 4.79. The highest BCUT2D eigenvalue weighted by Gasteiger charge is 2.18. The second-order valence-corrected chi connectivity index (χ2v) is 7.76. The Labute approximate surface area is 128 Å². The molecule has 112 valence electrons. The van der Waals surface area contributed by atoms with Crippen molar-refractivity contribution in [3.05, 3.63) is 40.3 Å². The van der Waals surface area contributed by atoms with Crippen LogP contribution in [0.3, 0.4) is 0 Å². The maximum absolute atomic E-state index is 11.9. The molecule has 5 nitrogen and oxygen atoms in total. The largest absolute Gasteiger partial charge is 0.367 e. The van der Waals surface area contributed by atoms with Gasteiger partial charge in [-0.3, -0.25) is 4.79 Å². The monoisotopic (exact) mass is 324 g/mol. The molecule has 0 radical (unpaired) electrons. The third-order valence-electron chi connectivity index (χ3n) is 3.03. The third kappa shape index (κ3) is 3.68. The van der Waals surface area contributed by atoms with E-state index in [2.05, 4.69) is 4.98 Å². The Morgan fingerprint density at radius 1 is 1.38 bits per heavy atom. The molecule has 0 saturated carbocycles. The van der Waals surface area contributed by atoms with Gasteiger partial charge < -0.3 is 4.90 Å². The van der Waals surface area contributed by atoms with Crippen molar-refractivity contribution in [1.82, 2.24) is 4.98 Å². The lowest BCUT2D eigenvalue weighted by atomic mass is 10.1. The third-order valence-corrected chi connectivity index (χ3v) is 4.94. The fraction of sp³-hybridized carbons (Fsp3) is 0.286. The van der Waals surface area contributed by atoms with Gasteiger partial charge in [-0.05, 0) is 25.1 Å². The van der Waals surface area contributed by atoms with E-state index in [0.717, 1.165) is 11.3 Å². The molecular formula is C14H16N2O3S2. The summed E-state index contributed by atoms with van der Waals surface area (Å²) in [5.74, 6) is -0.0982. The van der Waals surface area contributed by atoms with Crippen LogP contribution in [0.1, 0.15) is 22.3 Å². The first-order valence-corrected chi connectivity index (χ1v) is 9.00. The normalized spacial score (nSPS) is 11.4. The van der Waals surface area contributed by atoms with E-state index >= 15 is 0 Å². The molecule has 0 unspecified atom stereocenters. The first kappa shape index (κ1) is 15.7. The molecule has 0 spiro atoms. The number of aromatic nitrogens is 1. The van der Waals surface area contributed by atoms with Gasteiger partial charge in [0.05, 0.1) is 17.1 Å².